The Kier molecular flexibility index (Phi) is 4.12. The van der Waals surface area contributed by atoms with E-state index in [-0.39, 0.29) is 0 Å². The van der Waals surface area contributed by atoms with Crippen LogP contribution >= 0.6 is 0 Å². The quantitative estimate of drug-likeness (QED) is 0.728. The Balaban J connectivity index is 2.98. The maximum atomic E-state index is 12.9. The number of halogens is 4. The second-order valence-corrected chi connectivity index (χ2v) is 3.47. The molecule has 0 amide bonds. The van der Waals surface area contributed by atoms with Gasteiger partial charge in [0.25, 0.3) is 0 Å². The first kappa shape index (κ1) is 14.2. The van der Waals surface area contributed by atoms with Crippen molar-refractivity contribution in [2.45, 2.75) is 12.2 Å². The van der Waals surface area contributed by atoms with E-state index in [2.05, 4.69) is 0 Å². The van der Waals surface area contributed by atoms with Gasteiger partial charge in [-0.3, -0.25) is 10.1 Å². The van der Waals surface area contributed by atoms with Crippen LogP contribution in [0.1, 0.15) is 11.6 Å². The smallest absolute Gasteiger partial charge is 0.401 e. The maximum absolute atomic E-state index is 12.9. The summed E-state index contributed by atoms with van der Waals surface area (Å²) in [5, 5.41) is 19.8. The molecule has 0 aliphatic heterocycles. The van der Waals surface area contributed by atoms with Gasteiger partial charge in [-0.2, -0.15) is 13.2 Å². The van der Waals surface area contributed by atoms with E-state index in [0.29, 0.717) is 6.07 Å². The fourth-order valence-corrected chi connectivity index (χ4v) is 1.30. The number of carbonyl (C=O) groups is 1. The highest BCUT2D eigenvalue weighted by Gasteiger charge is 2.31. The zero-order valence-corrected chi connectivity index (χ0v) is 8.83. The van der Waals surface area contributed by atoms with Gasteiger partial charge in [0.2, 0.25) is 0 Å². The first-order valence-electron chi connectivity index (χ1n) is 4.72. The van der Waals surface area contributed by atoms with E-state index < -0.39 is 41.9 Å². The zero-order chi connectivity index (χ0) is 13.9. The normalized spacial score (nSPS) is 13.3. The third kappa shape index (κ3) is 3.88. The van der Waals surface area contributed by atoms with Crippen LogP contribution in [0.3, 0.4) is 0 Å². The molecule has 1 atom stereocenters. The molecule has 18 heavy (non-hydrogen) atoms. The van der Waals surface area contributed by atoms with Gasteiger partial charge in [0.15, 0.2) is 0 Å². The molecule has 3 N–H and O–H groups in total. The van der Waals surface area contributed by atoms with Crippen LogP contribution in [0.25, 0.3) is 0 Å². The molecular formula is C10H9F4NO3. The minimum absolute atomic E-state index is 0.466. The molecular weight excluding hydrogens is 258 g/mol. The predicted octanol–water partition coefficient (Wildman–Crippen LogP) is 1.81. The van der Waals surface area contributed by atoms with Crippen molar-refractivity contribution in [2.75, 3.05) is 6.54 Å². The van der Waals surface area contributed by atoms with Crippen LogP contribution in [0, 0.1) is 5.82 Å². The molecule has 100 valence electrons. The van der Waals surface area contributed by atoms with Crippen LogP contribution in [-0.4, -0.2) is 28.9 Å². The topological polar surface area (TPSA) is 69.6 Å². The van der Waals surface area contributed by atoms with Gasteiger partial charge in [0.05, 0.1) is 6.54 Å². The Hall–Kier alpha value is -1.83. The Labute approximate surface area is 98.9 Å². The Morgan fingerprint density at radius 2 is 2.00 bits per heavy atom. The summed E-state index contributed by atoms with van der Waals surface area (Å²) in [7, 11) is 0. The molecule has 0 saturated carbocycles. The fraction of sp³-hybridized carbons (Fsp3) is 0.300. The van der Waals surface area contributed by atoms with Gasteiger partial charge >= 0.3 is 12.1 Å². The summed E-state index contributed by atoms with van der Waals surface area (Å²) in [6, 6.07) is 0.553. The van der Waals surface area contributed by atoms with Crippen LogP contribution < -0.4 is 5.32 Å². The summed E-state index contributed by atoms with van der Waals surface area (Å²) in [6.45, 7) is -1.57. The SMILES string of the molecule is O=C(O)C(NCC(F)(F)F)c1cc(F)ccc1O. The first-order chi connectivity index (χ1) is 8.20. The number of phenolic OH excluding ortho intramolecular Hbond substituents is 1. The third-order valence-corrected chi connectivity index (χ3v) is 2.05. The first-order valence-corrected chi connectivity index (χ1v) is 4.72. The van der Waals surface area contributed by atoms with E-state index in [1.165, 1.54) is 0 Å². The molecule has 0 aromatic heterocycles. The number of rotatable bonds is 4. The Morgan fingerprint density at radius 1 is 1.39 bits per heavy atom. The lowest BCUT2D eigenvalue weighted by Crippen LogP contribution is -2.36. The zero-order valence-electron chi connectivity index (χ0n) is 8.83. The largest absolute Gasteiger partial charge is 0.508 e. The molecule has 0 saturated heterocycles. The summed E-state index contributed by atoms with van der Waals surface area (Å²) < 4.78 is 48.8. The van der Waals surface area contributed by atoms with Gasteiger partial charge in [0, 0.05) is 5.56 Å². The number of benzene rings is 1. The molecule has 1 aromatic carbocycles. The van der Waals surface area contributed by atoms with Crippen LogP contribution in [0.15, 0.2) is 18.2 Å². The van der Waals surface area contributed by atoms with Crippen molar-refractivity contribution in [1.82, 2.24) is 5.32 Å². The number of hydrogen-bond donors (Lipinski definition) is 3. The van der Waals surface area contributed by atoms with Crippen molar-refractivity contribution >= 4 is 5.97 Å². The Morgan fingerprint density at radius 3 is 2.50 bits per heavy atom. The Bertz CT molecular complexity index is 447. The van der Waals surface area contributed by atoms with Gasteiger partial charge in [0.1, 0.15) is 17.6 Å². The molecule has 0 bridgehead atoms. The highest BCUT2D eigenvalue weighted by molar-refractivity contribution is 5.76. The van der Waals surface area contributed by atoms with Gasteiger partial charge in [-0.25, -0.2) is 4.39 Å². The molecule has 1 rings (SSSR count). The standard InChI is InChI=1S/C10H9F4NO3/c11-5-1-2-7(16)6(3-5)8(9(17)18)15-4-10(12,13)14/h1-3,8,15-16H,4H2,(H,17,18). The summed E-state index contributed by atoms with van der Waals surface area (Å²) in [4.78, 5) is 10.8. The predicted molar refractivity (Wildman–Crippen MR) is 52.5 cm³/mol. The number of phenols is 1. The molecule has 0 radical (unpaired) electrons. The van der Waals surface area contributed by atoms with Gasteiger partial charge in [-0.05, 0) is 18.2 Å². The average Bonchev–Trinajstić information content (AvgIpc) is 2.21. The summed E-state index contributed by atoms with van der Waals surface area (Å²) in [5.41, 5.74) is -0.466. The van der Waals surface area contributed by atoms with Crippen LogP contribution in [0.5, 0.6) is 5.75 Å². The van der Waals surface area contributed by atoms with Crippen LogP contribution in [-0.2, 0) is 4.79 Å². The molecule has 0 heterocycles. The summed E-state index contributed by atoms with van der Waals surface area (Å²) >= 11 is 0. The van der Waals surface area contributed by atoms with Gasteiger partial charge in [-0.15, -0.1) is 0 Å². The van der Waals surface area contributed by atoms with E-state index in [1.54, 1.807) is 5.32 Å². The highest BCUT2D eigenvalue weighted by Crippen LogP contribution is 2.26. The lowest BCUT2D eigenvalue weighted by atomic mass is 10.1. The third-order valence-electron chi connectivity index (χ3n) is 2.05. The molecule has 0 spiro atoms. The monoisotopic (exact) mass is 267 g/mol. The number of carboxylic acids is 1. The number of aromatic hydroxyl groups is 1. The molecule has 4 nitrogen and oxygen atoms in total. The number of alkyl halides is 3. The van der Waals surface area contributed by atoms with E-state index in [0.717, 1.165) is 12.1 Å². The number of nitrogens with one attached hydrogen (secondary N) is 1. The second kappa shape index (κ2) is 5.21. The van der Waals surface area contributed by atoms with Crippen molar-refractivity contribution in [1.29, 1.82) is 0 Å². The van der Waals surface area contributed by atoms with Crippen molar-refractivity contribution in [3.63, 3.8) is 0 Å². The summed E-state index contributed by atoms with van der Waals surface area (Å²) in [5.74, 6) is -3.11. The van der Waals surface area contributed by atoms with Crippen LogP contribution in [0.2, 0.25) is 0 Å². The van der Waals surface area contributed by atoms with E-state index in [1.807, 2.05) is 0 Å². The molecule has 0 aliphatic rings. The van der Waals surface area contributed by atoms with Crippen molar-refractivity contribution in [3.05, 3.63) is 29.6 Å². The van der Waals surface area contributed by atoms with Crippen molar-refractivity contribution in [3.8, 4) is 5.75 Å². The number of aliphatic carboxylic acids is 1. The molecule has 1 aromatic rings. The van der Waals surface area contributed by atoms with E-state index in [4.69, 9.17) is 5.11 Å². The minimum Gasteiger partial charge on any atom is -0.508 e. The highest BCUT2D eigenvalue weighted by atomic mass is 19.4. The number of carboxylic acid groups (broad SMARTS) is 1. The average molecular weight is 267 g/mol. The molecule has 8 heteroatoms. The lowest BCUT2D eigenvalue weighted by molar-refractivity contribution is -0.143. The molecule has 0 aliphatic carbocycles. The van der Waals surface area contributed by atoms with Crippen LogP contribution in [0.4, 0.5) is 17.6 Å². The van der Waals surface area contributed by atoms with E-state index >= 15 is 0 Å². The lowest BCUT2D eigenvalue weighted by Gasteiger charge is -2.17. The van der Waals surface area contributed by atoms with Crippen molar-refractivity contribution in [2.24, 2.45) is 0 Å². The molecule has 1 unspecified atom stereocenters. The maximum Gasteiger partial charge on any atom is 0.401 e. The van der Waals surface area contributed by atoms with Gasteiger partial charge in [-0.1, -0.05) is 0 Å². The fourth-order valence-electron chi connectivity index (χ4n) is 1.30. The second-order valence-electron chi connectivity index (χ2n) is 3.47. The minimum atomic E-state index is -4.61. The van der Waals surface area contributed by atoms with Gasteiger partial charge < -0.3 is 10.2 Å². The molecule has 0 fully saturated rings. The number of hydrogen-bond acceptors (Lipinski definition) is 3. The van der Waals surface area contributed by atoms with Crippen molar-refractivity contribution < 1.29 is 32.6 Å². The summed E-state index contributed by atoms with van der Waals surface area (Å²) in [6.07, 6.45) is -4.61. The van der Waals surface area contributed by atoms with E-state index in [9.17, 15) is 27.5 Å².